The lowest BCUT2D eigenvalue weighted by atomic mass is 10.1. The highest BCUT2D eigenvalue weighted by Crippen LogP contribution is 2.30. The molecular weight excluding hydrogens is 232 g/mol. The summed E-state index contributed by atoms with van der Waals surface area (Å²) in [6.45, 7) is 0.714. The number of carbonyl (C=O) groups excluding carboxylic acids is 1. The Bertz CT molecular complexity index is 412. The van der Waals surface area contributed by atoms with Crippen molar-refractivity contribution in [2.45, 2.75) is 25.4 Å². The van der Waals surface area contributed by atoms with Crippen LogP contribution in [0, 0.1) is 5.92 Å². The van der Waals surface area contributed by atoms with Crippen LogP contribution >= 0.6 is 0 Å². The predicted molar refractivity (Wildman–Crippen MR) is 66.4 cm³/mol. The standard InChI is InChI=1S/C14H18O4/c1-17-14(16)12(15)8-11-4-2-3-5-13(11)18-9-10-6-7-10/h2-5,10,12,15H,6-9H2,1H3/t12-/m1/s1. The molecule has 1 aliphatic rings. The molecule has 2 rings (SSSR count). The van der Waals surface area contributed by atoms with Crippen LogP contribution in [-0.4, -0.2) is 30.9 Å². The van der Waals surface area contributed by atoms with E-state index in [1.165, 1.54) is 20.0 Å². The van der Waals surface area contributed by atoms with Crippen molar-refractivity contribution in [1.29, 1.82) is 0 Å². The summed E-state index contributed by atoms with van der Waals surface area (Å²) in [5.41, 5.74) is 0.830. The minimum atomic E-state index is -1.14. The number of hydrogen-bond donors (Lipinski definition) is 1. The first-order valence-electron chi connectivity index (χ1n) is 6.17. The van der Waals surface area contributed by atoms with Crippen LogP contribution in [0.1, 0.15) is 18.4 Å². The minimum Gasteiger partial charge on any atom is -0.493 e. The third kappa shape index (κ3) is 3.47. The Morgan fingerprint density at radius 2 is 2.17 bits per heavy atom. The Hall–Kier alpha value is -1.55. The topological polar surface area (TPSA) is 55.8 Å². The number of rotatable bonds is 6. The van der Waals surface area contributed by atoms with E-state index in [-0.39, 0.29) is 6.42 Å². The van der Waals surface area contributed by atoms with Crippen molar-refractivity contribution < 1.29 is 19.4 Å². The molecule has 1 saturated carbocycles. The van der Waals surface area contributed by atoms with Crippen molar-refractivity contribution in [1.82, 2.24) is 0 Å². The highest BCUT2D eigenvalue weighted by Gasteiger charge is 2.23. The van der Waals surface area contributed by atoms with Crippen LogP contribution in [0.4, 0.5) is 0 Å². The summed E-state index contributed by atoms with van der Waals surface area (Å²) >= 11 is 0. The summed E-state index contributed by atoms with van der Waals surface area (Å²) in [5.74, 6) is 0.794. The van der Waals surface area contributed by atoms with Gasteiger partial charge in [-0.15, -0.1) is 0 Å². The Labute approximate surface area is 107 Å². The van der Waals surface area contributed by atoms with E-state index >= 15 is 0 Å². The molecule has 0 unspecified atom stereocenters. The van der Waals surface area contributed by atoms with Crippen LogP contribution in [-0.2, 0) is 16.0 Å². The zero-order chi connectivity index (χ0) is 13.0. The van der Waals surface area contributed by atoms with E-state index in [1.54, 1.807) is 0 Å². The van der Waals surface area contributed by atoms with Crippen molar-refractivity contribution >= 4 is 5.97 Å². The molecule has 1 atom stereocenters. The lowest BCUT2D eigenvalue weighted by Crippen LogP contribution is -2.24. The fourth-order valence-corrected chi connectivity index (χ4v) is 1.73. The van der Waals surface area contributed by atoms with Crippen LogP contribution in [0.5, 0.6) is 5.75 Å². The van der Waals surface area contributed by atoms with E-state index < -0.39 is 12.1 Å². The normalized spacial score (nSPS) is 16.1. The zero-order valence-corrected chi connectivity index (χ0v) is 10.5. The smallest absolute Gasteiger partial charge is 0.335 e. The van der Waals surface area contributed by atoms with Gasteiger partial charge >= 0.3 is 5.97 Å². The molecule has 0 spiro atoms. The Morgan fingerprint density at radius 1 is 1.44 bits per heavy atom. The van der Waals surface area contributed by atoms with Gasteiger partial charge in [-0.25, -0.2) is 4.79 Å². The maximum atomic E-state index is 11.2. The van der Waals surface area contributed by atoms with Crippen molar-refractivity contribution in [3.8, 4) is 5.75 Å². The van der Waals surface area contributed by atoms with Crippen LogP contribution < -0.4 is 4.74 Å². The maximum absolute atomic E-state index is 11.2. The molecule has 1 aliphatic carbocycles. The number of benzene rings is 1. The predicted octanol–water partition coefficient (Wildman–Crippen LogP) is 1.55. The van der Waals surface area contributed by atoms with Crippen molar-refractivity contribution in [3.63, 3.8) is 0 Å². The first kappa shape index (κ1) is 12.9. The molecular formula is C14H18O4. The van der Waals surface area contributed by atoms with Gasteiger partial charge in [0.15, 0.2) is 6.10 Å². The average molecular weight is 250 g/mol. The number of methoxy groups -OCH3 is 1. The molecule has 18 heavy (non-hydrogen) atoms. The monoisotopic (exact) mass is 250 g/mol. The van der Waals surface area contributed by atoms with E-state index in [9.17, 15) is 9.90 Å². The summed E-state index contributed by atoms with van der Waals surface area (Å²) in [6.07, 6.45) is 1.54. The van der Waals surface area contributed by atoms with Gasteiger partial charge in [-0.05, 0) is 30.4 Å². The molecule has 1 aromatic rings. The fraction of sp³-hybridized carbons (Fsp3) is 0.500. The van der Waals surface area contributed by atoms with E-state index in [0.717, 1.165) is 11.3 Å². The number of para-hydroxylation sites is 1. The summed E-state index contributed by atoms with van der Waals surface area (Å²) < 4.78 is 10.2. The molecule has 1 N–H and O–H groups in total. The second-order valence-corrected chi connectivity index (χ2v) is 4.61. The molecule has 0 aromatic heterocycles. The van der Waals surface area contributed by atoms with E-state index in [2.05, 4.69) is 4.74 Å². The molecule has 1 fully saturated rings. The first-order valence-corrected chi connectivity index (χ1v) is 6.17. The van der Waals surface area contributed by atoms with Gasteiger partial charge in [-0.1, -0.05) is 18.2 Å². The molecule has 0 aliphatic heterocycles. The molecule has 0 saturated heterocycles. The summed E-state index contributed by atoms with van der Waals surface area (Å²) in [6, 6.07) is 7.47. The quantitative estimate of drug-likeness (QED) is 0.778. The molecule has 0 heterocycles. The molecule has 98 valence electrons. The van der Waals surface area contributed by atoms with Gasteiger partial charge in [0.2, 0.25) is 0 Å². The van der Waals surface area contributed by atoms with Crippen LogP contribution in [0.15, 0.2) is 24.3 Å². The first-order chi connectivity index (χ1) is 8.70. The molecule has 4 nitrogen and oxygen atoms in total. The van der Waals surface area contributed by atoms with E-state index in [0.29, 0.717) is 12.5 Å². The molecule has 0 radical (unpaired) electrons. The Balaban J connectivity index is 1.99. The second kappa shape index (κ2) is 5.87. The highest BCUT2D eigenvalue weighted by molar-refractivity contribution is 5.74. The Morgan fingerprint density at radius 3 is 2.83 bits per heavy atom. The number of aliphatic hydroxyl groups is 1. The van der Waals surface area contributed by atoms with Gasteiger partial charge in [0.05, 0.1) is 13.7 Å². The molecule has 0 amide bonds. The van der Waals surface area contributed by atoms with Gasteiger partial charge in [0, 0.05) is 6.42 Å². The third-order valence-corrected chi connectivity index (χ3v) is 3.03. The number of aliphatic hydroxyl groups excluding tert-OH is 1. The van der Waals surface area contributed by atoms with E-state index in [1.807, 2.05) is 24.3 Å². The largest absolute Gasteiger partial charge is 0.493 e. The number of ether oxygens (including phenoxy) is 2. The van der Waals surface area contributed by atoms with Crippen molar-refractivity contribution in [2.75, 3.05) is 13.7 Å². The second-order valence-electron chi connectivity index (χ2n) is 4.61. The average Bonchev–Trinajstić information content (AvgIpc) is 3.20. The zero-order valence-electron chi connectivity index (χ0n) is 10.5. The molecule has 0 bridgehead atoms. The van der Waals surface area contributed by atoms with Crippen LogP contribution in [0.3, 0.4) is 0 Å². The fourth-order valence-electron chi connectivity index (χ4n) is 1.73. The summed E-state index contributed by atoms with van der Waals surface area (Å²) in [5, 5.41) is 9.66. The third-order valence-electron chi connectivity index (χ3n) is 3.03. The van der Waals surface area contributed by atoms with Crippen LogP contribution in [0.2, 0.25) is 0 Å². The van der Waals surface area contributed by atoms with Gasteiger partial charge in [-0.2, -0.15) is 0 Å². The number of esters is 1. The maximum Gasteiger partial charge on any atom is 0.335 e. The molecule has 1 aromatic carbocycles. The van der Waals surface area contributed by atoms with Crippen molar-refractivity contribution in [2.24, 2.45) is 5.92 Å². The van der Waals surface area contributed by atoms with Gasteiger partial charge in [0.25, 0.3) is 0 Å². The SMILES string of the molecule is COC(=O)[C@H](O)Cc1ccccc1OCC1CC1. The Kier molecular flexibility index (Phi) is 4.20. The van der Waals surface area contributed by atoms with Gasteiger partial charge in [0.1, 0.15) is 5.75 Å². The lowest BCUT2D eigenvalue weighted by molar-refractivity contribution is -0.150. The highest BCUT2D eigenvalue weighted by atomic mass is 16.5. The number of hydrogen-bond acceptors (Lipinski definition) is 4. The lowest BCUT2D eigenvalue weighted by Gasteiger charge is -2.13. The summed E-state index contributed by atoms with van der Waals surface area (Å²) in [4.78, 5) is 11.2. The van der Waals surface area contributed by atoms with E-state index in [4.69, 9.17) is 4.74 Å². The minimum absolute atomic E-state index is 0.216. The summed E-state index contributed by atoms with van der Waals surface area (Å²) in [7, 11) is 1.26. The molecule has 4 heteroatoms. The van der Waals surface area contributed by atoms with Gasteiger partial charge in [-0.3, -0.25) is 0 Å². The van der Waals surface area contributed by atoms with Crippen molar-refractivity contribution in [3.05, 3.63) is 29.8 Å². The number of carbonyl (C=O) groups is 1. The van der Waals surface area contributed by atoms with Gasteiger partial charge < -0.3 is 14.6 Å². The van der Waals surface area contributed by atoms with Crippen LogP contribution in [0.25, 0.3) is 0 Å².